The molecule has 1 amide bonds. The molecule has 28 heavy (non-hydrogen) atoms. The van der Waals surface area contributed by atoms with Crippen LogP contribution >= 0.6 is 0 Å². The minimum Gasteiger partial charge on any atom is -0.322 e. The summed E-state index contributed by atoms with van der Waals surface area (Å²) in [4.78, 5) is 12.6. The van der Waals surface area contributed by atoms with Gasteiger partial charge in [-0.2, -0.15) is 0 Å². The van der Waals surface area contributed by atoms with Crippen LogP contribution in [0.15, 0.2) is 71.6 Å². The van der Waals surface area contributed by atoms with Crippen molar-refractivity contribution in [2.75, 3.05) is 10.0 Å². The zero-order chi connectivity index (χ0) is 20.3. The third kappa shape index (κ3) is 4.40. The van der Waals surface area contributed by atoms with Crippen LogP contribution in [0.1, 0.15) is 27.0 Å². The molecule has 3 aromatic rings. The number of nitrogens with one attached hydrogen (secondary N) is 2. The van der Waals surface area contributed by atoms with Crippen LogP contribution in [0.25, 0.3) is 0 Å². The van der Waals surface area contributed by atoms with Crippen LogP contribution in [0, 0.1) is 20.8 Å². The number of para-hydroxylation sites is 1. The van der Waals surface area contributed by atoms with Crippen LogP contribution in [-0.2, 0) is 10.0 Å². The van der Waals surface area contributed by atoms with Crippen molar-refractivity contribution in [1.29, 1.82) is 0 Å². The van der Waals surface area contributed by atoms with Gasteiger partial charge < -0.3 is 5.32 Å². The van der Waals surface area contributed by atoms with E-state index >= 15 is 0 Å². The predicted octanol–water partition coefficient (Wildman–Crippen LogP) is 4.66. The summed E-state index contributed by atoms with van der Waals surface area (Å²) in [6.07, 6.45) is 0. The molecule has 6 heteroatoms. The van der Waals surface area contributed by atoms with Gasteiger partial charge in [0.25, 0.3) is 15.9 Å². The van der Waals surface area contributed by atoms with E-state index in [1.165, 1.54) is 12.1 Å². The lowest BCUT2D eigenvalue weighted by Gasteiger charge is -2.12. The summed E-state index contributed by atoms with van der Waals surface area (Å²) in [5.41, 5.74) is 4.44. The molecule has 0 heterocycles. The predicted molar refractivity (Wildman–Crippen MR) is 112 cm³/mol. The van der Waals surface area contributed by atoms with Crippen molar-refractivity contribution >= 4 is 27.3 Å². The Labute approximate surface area is 165 Å². The van der Waals surface area contributed by atoms with Crippen LogP contribution in [0.3, 0.4) is 0 Å². The summed E-state index contributed by atoms with van der Waals surface area (Å²) in [5, 5.41) is 2.81. The van der Waals surface area contributed by atoms with Crippen molar-refractivity contribution in [3.8, 4) is 0 Å². The van der Waals surface area contributed by atoms with Gasteiger partial charge in [0.05, 0.1) is 4.90 Å². The molecule has 0 unspecified atom stereocenters. The van der Waals surface area contributed by atoms with Gasteiger partial charge in [0.1, 0.15) is 0 Å². The molecule has 2 N–H and O–H groups in total. The molecule has 0 aliphatic heterocycles. The van der Waals surface area contributed by atoms with Gasteiger partial charge in [-0.1, -0.05) is 30.3 Å². The van der Waals surface area contributed by atoms with Crippen molar-refractivity contribution in [1.82, 2.24) is 0 Å². The van der Waals surface area contributed by atoms with E-state index in [0.29, 0.717) is 11.4 Å². The molecule has 0 aliphatic rings. The maximum atomic E-state index is 12.7. The molecule has 144 valence electrons. The molecular weight excluding hydrogens is 372 g/mol. The van der Waals surface area contributed by atoms with Crippen molar-refractivity contribution < 1.29 is 13.2 Å². The zero-order valence-corrected chi connectivity index (χ0v) is 16.8. The van der Waals surface area contributed by atoms with Gasteiger partial charge in [-0.15, -0.1) is 0 Å². The molecular formula is C22H22N2O3S. The molecule has 3 rings (SSSR count). The van der Waals surface area contributed by atoms with Crippen molar-refractivity contribution in [3.63, 3.8) is 0 Å². The van der Waals surface area contributed by atoms with Crippen molar-refractivity contribution in [2.45, 2.75) is 25.7 Å². The SMILES string of the molecule is Cc1ccc(NS(=O)(=O)c2cccc(C(=O)Nc3ccccc3C)c2)cc1C. The first-order valence-electron chi connectivity index (χ1n) is 8.83. The summed E-state index contributed by atoms with van der Waals surface area (Å²) in [6, 6.07) is 18.7. The quantitative estimate of drug-likeness (QED) is 0.661. The van der Waals surface area contributed by atoms with Gasteiger partial charge >= 0.3 is 0 Å². The van der Waals surface area contributed by atoms with E-state index in [2.05, 4.69) is 10.0 Å². The molecule has 5 nitrogen and oxygen atoms in total. The van der Waals surface area contributed by atoms with Gasteiger partial charge in [-0.25, -0.2) is 8.42 Å². The van der Waals surface area contributed by atoms with E-state index in [4.69, 9.17) is 0 Å². The maximum absolute atomic E-state index is 12.7. The first-order valence-corrected chi connectivity index (χ1v) is 10.3. The summed E-state index contributed by atoms with van der Waals surface area (Å²) < 4.78 is 28.1. The van der Waals surface area contributed by atoms with Crippen LogP contribution in [0.4, 0.5) is 11.4 Å². The molecule has 0 spiro atoms. The van der Waals surface area contributed by atoms with Gasteiger partial charge in [0.15, 0.2) is 0 Å². The number of carbonyl (C=O) groups excluding carboxylic acids is 1. The summed E-state index contributed by atoms with van der Waals surface area (Å²) in [7, 11) is -3.81. The van der Waals surface area contributed by atoms with Gasteiger partial charge in [-0.05, 0) is 73.9 Å². The van der Waals surface area contributed by atoms with Gasteiger partial charge in [-0.3, -0.25) is 9.52 Å². The fourth-order valence-corrected chi connectivity index (χ4v) is 3.83. The number of anilines is 2. The lowest BCUT2D eigenvalue weighted by molar-refractivity contribution is 0.102. The number of benzene rings is 3. The molecule has 0 bridgehead atoms. The van der Waals surface area contributed by atoms with Crippen molar-refractivity contribution in [3.05, 3.63) is 89.0 Å². The summed E-state index contributed by atoms with van der Waals surface area (Å²) in [6.45, 7) is 5.78. The Morgan fingerprint density at radius 3 is 2.25 bits per heavy atom. The Bertz CT molecular complexity index is 1140. The molecule has 0 saturated carbocycles. The minimum absolute atomic E-state index is 0.0307. The van der Waals surface area contributed by atoms with Gasteiger partial charge in [0.2, 0.25) is 0 Å². The lowest BCUT2D eigenvalue weighted by Crippen LogP contribution is -2.16. The lowest BCUT2D eigenvalue weighted by atomic mass is 10.1. The number of sulfonamides is 1. The van der Waals surface area contributed by atoms with Crippen LogP contribution in [0.2, 0.25) is 0 Å². The number of amides is 1. The first-order chi connectivity index (χ1) is 13.3. The Hall–Kier alpha value is -3.12. The van der Waals surface area contributed by atoms with E-state index < -0.39 is 10.0 Å². The fraction of sp³-hybridized carbons (Fsp3) is 0.136. The second-order valence-electron chi connectivity index (χ2n) is 6.70. The van der Waals surface area contributed by atoms with Crippen molar-refractivity contribution in [2.24, 2.45) is 0 Å². The highest BCUT2D eigenvalue weighted by Gasteiger charge is 2.17. The normalized spacial score (nSPS) is 11.1. The molecule has 0 radical (unpaired) electrons. The molecule has 0 atom stereocenters. The largest absolute Gasteiger partial charge is 0.322 e. The topological polar surface area (TPSA) is 75.3 Å². The maximum Gasteiger partial charge on any atom is 0.261 e. The smallest absolute Gasteiger partial charge is 0.261 e. The van der Waals surface area contributed by atoms with Crippen LogP contribution in [0.5, 0.6) is 0 Å². The third-order valence-electron chi connectivity index (χ3n) is 4.56. The number of carbonyl (C=O) groups is 1. The first kappa shape index (κ1) is 19.6. The van der Waals surface area contributed by atoms with Gasteiger partial charge in [0, 0.05) is 16.9 Å². The summed E-state index contributed by atoms with van der Waals surface area (Å²) >= 11 is 0. The van der Waals surface area contributed by atoms with Crippen LogP contribution in [-0.4, -0.2) is 14.3 Å². The summed E-state index contributed by atoms with van der Waals surface area (Å²) in [5.74, 6) is -0.363. The Morgan fingerprint density at radius 1 is 0.786 bits per heavy atom. The second-order valence-corrected chi connectivity index (χ2v) is 8.38. The molecule has 3 aromatic carbocycles. The standard InChI is InChI=1S/C22H22N2O3S/c1-15-11-12-19(13-17(15)3)24-28(26,27)20-9-6-8-18(14-20)22(25)23-21-10-5-4-7-16(21)2/h4-14,24H,1-3H3,(H,23,25). The Kier molecular flexibility index (Phi) is 5.51. The Balaban J connectivity index is 1.84. The highest BCUT2D eigenvalue weighted by atomic mass is 32.2. The highest BCUT2D eigenvalue weighted by Crippen LogP contribution is 2.21. The number of hydrogen-bond donors (Lipinski definition) is 2. The second kappa shape index (κ2) is 7.86. The molecule has 0 aromatic heterocycles. The third-order valence-corrected chi connectivity index (χ3v) is 5.94. The highest BCUT2D eigenvalue weighted by molar-refractivity contribution is 7.92. The number of rotatable bonds is 5. The molecule has 0 saturated heterocycles. The van der Waals surface area contributed by atoms with E-state index in [-0.39, 0.29) is 16.4 Å². The van der Waals surface area contributed by atoms with E-state index in [1.54, 1.807) is 30.3 Å². The Morgan fingerprint density at radius 2 is 1.54 bits per heavy atom. The van der Waals surface area contributed by atoms with E-state index in [1.807, 2.05) is 45.0 Å². The van der Waals surface area contributed by atoms with E-state index in [0.717, 1.165) is 16.7 Å². The average Bonchev–Trinajstić information content (AvgIpc) is 2.66. The van der Waals surface area contributed by atoms with Crippen LogP contribution < -0.4 is 10.0 Å². The minimum atomic E-state index is -3.81. The monoisotopic (exact) mass is 394 g/mol. The fourth-order valence-electron chi connectivity index (χ4n) is 2.73. The zero-order valence-electron chi connectivity index (χ0n) is 16.0. The number of hydrogen-bond acceptors (Lipinski definition) is 3. The van der Waals surface area contributed by atoms with E-state index in [9.17, 15) is 13.2 Å². The number of aryl methyl sites for hydroxylation is 3. The molecule has 0 aliphatic carbocycles. The average molecular weight is 394 g/mol. The molecule has 0 fully saturated rings.